The molecule has 1 saturated heterocycles. The molecule has 0 spiro atoms. The first-order chi connectivity index (χ1) is 17.1. The number of carbonyl (C=O) groups is 2. The zero-order valence-electron chi connectivity index (χ0n) is 19.1. The Hall–Kier alpha value is -3.85. The summed E-state index contributed by atoms with van der Waals surface area (Å²) >= 11 is 1.25. The molecule has 0 bridgehead atoms. The summed E-state index contributed by atoms with van der Waals surface area (Å²) in [6.07, 6.45) is 3.55. The Morgan fingerprint density at radius 2 is 1.91 bits per heavy atom. The SMILES string of the molecule is CCCCOc1ccc(C2C(=C(O)c3ccc4c(c3)OCCO4)C(=O)C(=O)N2c2nccs2)cc1. The molecule has 9 heteroatoms. The number of rotatable bonds is 7. The third kappa shape index (κ3) is 4.35. The van der Waals surface area contributed by atoms with Crippen LogP contribution >= 0.6 is 11.3 Å². The van der Waals surface area contributed by atoms with Gasteiger partial charge in [0.05, 0.1) is 18.2 Å². The van der Waals surface area contributed by atoms with Gasteiger partial charge in [-0.15, -0.1) is 11.3 Å². The summed E-state index contributed by atoms with van der Waals surface area (Å²) in [6.45, 7) is 3.53. The molecule has 8 nitrogen and oxygen atoms in total. The first-order valence-corrected chi connectivity index (χ1v) is 12.3. The number of carbonyl (C=O) groups excluding carboxylic acids is 2. The van der Waals surface area contributed by atoms with E-state index in [1.54, 1.807) is 54.0 Å². The zero-order valence-corrected chi connectivity index (χ0v) is 19.9. The topological polar surface area (TPSA) is 98.2 Å². The summed E-state index contributed by atoms with van der Waals surface area (Å²) in [6, 6.07) is 11.3. The van der Waals surface area contributed by atoms with Crippen molar-refractivity contribution in [2.75, 3.05) is 24.7 Å². The van der Waals surface area contributed by atoms with Gasteiger partial charge in [-0.25, -0.2) is 4.98 Å². The maximum absolute atomic E-state index is 13.2. The molecule has 3 heterocycles. The van der Waals surface area contributed by atoms with Gasteiger partial charge < -0.3 is 19.3 Å². The van der Waals surface area contributed by atoms with Crippen LogP contribution in [0.1, 0.15) is 36.9 Å². The van der Waals surface area contributed by atoms with Gasteiger partial charge in [0.15, 0.2) is 16.6 Å². The molecule has 1 atom stereocenters. The number of benzene rings is 2. The van der Waals surface area contributed by atoms with E-state index in [2.05, 4.69) is 11.9 Å². The van der Waals surface area contributed by atoms with Gasteiger partial charge >= 0.3 is 5.91 Å². The lowest BCUT2D eigenvalue weighted by molar-refractivity contribution is -0.132. The molecule has 180 valence electrons. The van der Waals surface area contributed by atoms with E-state index in [-0.39, 0.29) is 11.3 Å². The second kappa shape index (κ2) is 9.79. The van der Waals surface area contributed by atoms with Crippen molar-refractivity contribution in [2.45, 2.75) is 25.8 Å². The van der Waals surface area contributed by atoms with Crippen molar-refractivity contribution in [2.24, 2.45) is 0 Å². The van der Waals surface area contributed by atoms with Gasteiger partial charge in [0.1, 0.15) is 24.7 Å². The number of thiazole rings is 1. The third-order valence-electron chi connectivity index (χ3n) is 5.85. The number of aliphatic hydroxyl groups is 1. The fraction of sp³-hybridized carbons (Fsp3) is 0.269. The minimum absolute atomic E-state index is 0.0125. The Bertz CT molecular complexity index is 1270. The predicted octanol–water partition coefficient (Wildman–Crippen LogP) is 4.72. The van der Waals surface area contributed by atoms with E-state index in [1.165, 1.54) is 16.2 Å². The lowest BCUT2D eigenvalue weighted by atomic mass is 9.95. The number of nitrogens with zero attached hydrogens (tertiary/aromatic N) is 2. The molecule has 5 rings (SSSR count). The number of aromatic nitrogens is 1. The first-order valence-electron chi connectivity index (χ1n) is 11.4. The van der Waals surface area contributed by atoms with Crippen LogP contribution in [0, 0.1) is 0 Å². The quantitative estimate of drug-likeness (QED) is 0.221. The second-order valence-corrected chi connectivity index (χ2v) is 8.99. The van der Waals surface area contributed by atoms with Gasteiger partial charge in [0.2, 0.25) is 0 Å². The molecule has 2 aromatic carbocycles. The zero-order chi connectivity index (χ0) is 24.4. The number of Topliss-reactive ketones (excluding diaryl/α,β-unsaturated/α-hetero) is 1. The fourth-order valence-electron chi connectivity index (χ4n) is 4.11. The van der Waals surface area contributed by atoms with E-state index in [1.807, 2.05) is 0 Å². The smallest absolute Gasteiger partial charge is 0.301 e. The maximum Gasteiger partial charge on any atom is 0.301 e. The minimum Gasteiger partial charge on any atom is -0.507 e. The summed E-state index contributed by atoms with van der Waals surface area (Å²) in [5.41, 5.74) is 0.999. The highest BCUT2D eigenvalue weighted by Gasteiger charge is 2.48. The van der Waals surface area contributed by atoms with Crippen LogP contribution in [0.5, 0.6) is 17.2 Å². The van der Waals surface area contributed by atoms with Crippen LogP contribution in [0.4, 0.5) is 5.13 Å². The highest BCUT2D eigenvalue weighted by molar-refractivity contribution is 7.14. The molecule has 1 fully saturated rings. The number of hydrogen-bond acceptors (Lipinski definition) is 8. The van der Waals surface area contributed by atoms with Gasteiger partial charge in [-0.3, -0.25) is 14.5 Å². The standard InChI is InChI=1S/C26H24N2O6S/c1-2-3-11-32-18-7-4-16(5-8-18)22-21(24(30)25(31)28(22)26-27-10-14-35-26)23(29)17-6-9-19-20(15-17)34-13-12-33-19/h4-10,14-15,22,29H,2-3,11-13H2,1H3. The summed E-state index contributed by atoms with van der Waals surface area (Å²) in [5, 5.41) is 13.4. The molecule has 1 amide bonds. The van der Waals surface area contributed by atoms with E-state index < -0.39 is 17.7 Å². The Morgan fingerprint density at radius 3 is 2.63 bits per heavy atom. The highest BCUT2D eigenvalue weighted by atomic mass is 32.1. The summed E-state index contributed by atoms with van der Waals surface area (Å²) < 4.78 is 16.9. The number of ether oxygens (including phenoxy) is 3. The lowest BCUT2D eigenvalue weighted by Gasteiger charge is -2.23. The van der Waals surface area contributed by atoms with Gasteiger partial charge in [0, 0.05) is 17.1 Å². The molecular weight excluding hydrogens is 468 g/mol. The monoisotopic (exact) mass is 492 g/mol. The fourth-order valence-corrected chi connectivity index (χ4v) is 4.77. The molecule has 0 radical (unpaired) electrons. The Balaban J connectivity index is 1.58. The molecule has 35 heavy (non-hydrogen) atoms. The van der Waals surface area contributed by atoms with Crippen molar-refractivity contribution in [1.82, 2.24) is 4.98 Å². The van der Waals surface area contributed by atoms with Crippen molar-refractivity contribution < 1.29 is 28.9 Å². The lowest BCUT2D eigenvalue weighted by Crippen LogP contribution is -2.29. The third-order valence-corrected chi connectivity index (χ3v) is 6.62. The van der Waals surface area contributed by atoms with E-state index in [0.29, 0.717) is 53.3 Å². The van der Waals surface area contributed by atoms with Crippen LogP contribution in [-0.4, -0.2) is 41.6 Å². The molecule has 0 saturated carbocycles. The second-order valence-electron chi connectivity index (χ2n) is 8.11. The largest absolute Gasteiger partial charge is 0.507 e. The van der Waals surface area contributed by atoms with Crippen LogP contribution in [0.3, 0.4) is 0 Å². The van der Waals surface area contributed by atoms with Crippen molar-refractivity contribution in [3.05, 3.63) is 70.7 Å². The number of anilines is 1. The van der Waals surface area contributed by atoms with Crippen molar-refractivity contribution in [3.8, 4) is 17.2 Å². The summed E-state index contributed by atoms with van der Waals surface area (Å²) in [4.78, 5) is 32.0. The number of unbranched alkanes of at least 4 members (excludes halogenated alkanes) is 1. The van der Waals surface area contributed by atoms with Gasteiger partial charge in [-0.05, 0) is 42.3 Å². The highest BCUT2D eigenvalue weighted by Crippen LogP contribution is 2.44. The van der Waals surface area contributed by atoms with E-state index in [4.69, 9.17) is 14.2 Å². The van der Waals surface area contributed by atoms with Gasteiger partial charge in [-0.1, -0.05) is 25.5 Å². The van der Waals surface area contributed by atoms with Gasteiger partial charge in [-0.2, -0.15) is 0 Å². The van der Waals surface area contributed by atoms with Gasteiger partial charge in [0.25, 0.3) is 5.78 Å². The van der Waals surface area contributed by atoms with Crippen molar-refractivity contribution >= 4 is 33.9 Å². The number of ketones is 1. The Kier molecular flexibility index (Phi) is 6.41. The molecular formula is C26H24N2O6S. The average molecular weight is 493 g/mol. The van der Waals surface area contributed by atoms with E-state index >= 15 is 0 Å². The number of aliphatic hydroxyl groups excluding tert-OH is 1. The number of hydrogen-bond donors (Lipinski definition) is 1. The molecule has 1 aromatic heterocycles. The van der Waals surface area contributed by atoms with Crippen LogP contribution in [0.2, 0.25) is 0 Å². The van der Waals surface area contributed by atoms with E-state index in [9.17, 15) is 14.7 Å². The van der Waals surface area contributed by atoms with Crippen LogP contribution in [-0.2, 0) is 9.59 Å². The molecule has 1 unspecified atom stereocenters. The van der Waals surface area contributed by atoms with Crippen LogP contribution in [0.15, 0.2) is 59.6 Å². The summed E-state index contributed by atoms with van der Waals surface area (Å²) in [7, 11) is 0. The molecule has 2 aliphatic rings. The predicted molar refractivity (Wildman–Crippen MR) is 131 cm³/mol. The van der Waals surface area contributed by atoms with Crippen LogP contribution in [0.25, 0.3) is 5.76 Å². The molecule has 0 aliphatic carbocycles. The normalized spacial score (nSPS) is 18.7. The Morgan fingerprint density at radius 1 is 1.14 bits per heavy atom. The molecule has 3 aromatic rings. The minimum atomic E-state index is -0.848. The Labute approximate surface area is 206 Å². The maximum atomic E-state index is 13.2. The van der Waals surface area contributed by atoms with E-state index in [0.717, 1.165) is 12.8 Å². The summed E-state index contributed by atoms with van der Waals surface area (Å²) in [5.74, 6) is -0.0769. The first kappa shape index (κ1) is 22.9. The number of fused-ring (bicyclic) bond motifs is 1. The molecule has 2 aliphatic heterocycles. The average Bonchev–Trinajstić information content (AvgIpc) is 3.50. The number of amides is 1. The van der Waals surface area contributed by atoms with Crippen LogP contribution < -0.4 is 19.1 Å². The molecule has 1 N–H and O–H groups in total. The van der Waals surface area contributed by atoms with Crippen molar-refractivity contribution in [1.29, 1.82) is 0 Å². The van der Waals surface area contributed by atoms with Crippen molar-refractivity contribution in [3.63, 3.8) is 0 Å².